The molecule has 7 heteroatoms. The fourth-order valence-corrected chi connectivity index (χ4v) is 3.29. The molecule has 0 radical (unpaired) electrons. The fraction of sp³-hybridized carbons (Fsp3) is 0.0435. The van der Waals surface area contributed by atoms with E-state index in [2.05, 4.69) is 25.4 Å². The lowest BCUT2D eigenvalue weighted by Gasteiger charge is -2.09. The second-order valence-electron chi connectivity index (χ2n) is 6.81. The molecule has 3 heterocycles. The van der Waals surface area contributed by atoms with Gasteiger partial charge in [-0.3, -0.25) is 9.78 Å². The van der Waals surface area contributed by atoms with E-state index < -0.39 is 0 Å². The lowest BCUT2D eigenvalue weighted by molar-refractivity contribution is 0.102. The molecule has 5 rings (SSSR count). The number of fused-ring (bicyclic) bond motifs is 1. The molecule has 0 aliphatic heterocycles. The van der Waals surface area contributed by atoms with Crippen LogP contribution in [0.4, 0.5) is 5.69 Å². The van der Waals surface area contributed by atoms with Crippen molar-refractivity contribution in [2.45, 2.75) is 6.42 Å². The van der Waals surface area contributed by atoms with Crippen LogP contribution >= 0.6 is 0 Å². The maximum atomic E-state index is 12.8. The molecule has 0 spiro atoms. The minimum Gasteiger partial charge on any atom is -0.351 e. The highest BCUT2D eigenvalue weighted by molar-refractivity contribution is 6.06. The molecule has 0 saturated carbocycles. The van der Waals surface area contributed by atoms with Gasteiger partial charge in [0, 0.05) is 34.5 Å². The van der Waals surface area contributed by atoms with Crippen molar-refractivity contribution in [1.82, 2.24) is 20.1 Å². The quantitative estimate of drug-likeness (QED) is 0.458. The Morgan fingerprint density at radius 2 is 1.80 bits per heavy atom. The lowest BCUT2D eigenvalue weighted by Crippen LogP contribution is -2.13. The highest BCUT2D eigenvalue weighted by atomic mass is 16.5. The van der Waals surface area contributed by atoms with Gasteiger partial charge in [0.1, 0.15) is 5.69 Å². The van der Waals surface area contributed by atoms with Gasteiger partial charge in [-0.1, -0.05) is 41.6 Å². The number of nitrogens with one attached hydrogen (secondary N) is 2. The fourth-order valence-electron chi connectivity index (χ4n) is 3.29. The number of aromatic amines is 1. The van der Waals surface area contributed by atoms with Crippen molar-refractivity contribution in [3.8, 4) is 11.4 Å². The molecule has 0 fully saturated rings. The molecule has 0 unspecified atom stereocenters. The van der Waals surface area contributed by atoms with E-state index in [1.807, 2.05) is 66.7 Å². The Labute approximate surface area is 171 Å². The molecule has 5 aromatic rings. The van der Waals surface area contributed by atoms with Crippen LogP contribution in [-0.4, -0.2) is 26.0 Å². The highest BCUT2D eigenvalue weighted by Crippen LogP contribution is 2.22. The molecular formula is C23H17N5O2. The Balaban J connectivity index is 1.37. The summed E-state index contributed by atoms with van der Waals surface area (Å²) in [6, 6.07) is 20.8. The molecule has 1 amide bonds. The summed E-state index contributed by atoms with van der Waals surface area (Å²) in [5, 5.41) is 8.01. The van der Waals surface area contributed by atoms with E-state index in [0.29, 0.717) is 29.5 Å². The second kappa shape index (κ2) is 7.63. The molecule has 0 aliphatic rings. The first-order valence-electron chi connectivity index (χ1n) is 9.46. The van der Waals surface area contributed by atoms with Gasteiger partial charge in [0.15, 0.2) is 0 Å². The third-order valence-electron chi connectivity index (χ3n) is 4.79. The van der Waals surface area contributed by atoms with E-state index >= 15 is 0 Å². The standard InChI is InChI=1S/C23H17N5O2/c29-23(20-13-16-5-1-3-7-18(16)25-20)26-19-8-4-2-6-17(19)14-21-27-22(28-30-21)15-9-11-24-12-10-15/h1-13,25H,14H2,(H,26,29). The largest absolute Gasteiger partial charge is 0.351 e. The van der Waals surface area contributed by atoms with Crippen molar-refractivity contribution in [2.75, 3.05) is 5.32 Å². The van der Waals surface area contributed by atoms with Crippen molar-refractivity contribution in [3.05, 3.63) is 96.3 Å². The van der Waals surface area contributed by atoms with Crippen molar-refractivity contribution in [2.24, 2.45) is 0 Å². The Bertz CT molecular complexity index is 1290. The van der Waals surface area contributed by atoms with E-state index in [4.69, 9.17) is 4.52 Å². The van der Waals surface area contributed by atoms with Crippen LogP contribution < -0.4 is 5.32 Å². The van der Waals surface area contributed by atoms with Crippen LogP contribution in [0.1, 0.15) is 21.9 Å². The zero-order valence-electron chi connectivity index (χ0n) is 15.9. The third-order valence-corrected chi connectivity index (χ3v) is 4.79. The Kier molecular flexibility index (Phi) is 4.53. The second-order valence-corrected chi connectivity index (χ2v) is 6.81. The van der Waals surface area contributed by atoms with Crippen LogP contribution in [0.25, 0.3) is 22.3 Å². The number of benzene rings is 2. The number of aromatic nitrogens is 4. The Morgan fingerprint density at radius 3 is 2.67 bits per heavy atom. The first kappa shape index (κ1) is 17.8. The number of rotatable bonds is 5. The molecule has 146 valence electrons. The normalized spacial score (nSPS) is 10.9. The van der Waals surface area contributed by atoms with E-state index in [1.165, 1.54) is 0 Å². The zero-order valence-corrected chi connectivity index (χ0v) is 15.9. The molecular weight excluding hydrogens is 378 g/mol. The van der Waals surface area contributed by atoms with Crippen LogP contribution in [0.5, 0.6) is 0 Å². The smallest absolute Gasteiger partial charge is 0.272 e. The number of amides is 1. The molecule has 0 atom stereocenters. The Morgan fingerprint density at radius 1 is 1.00 bits per heavy atom. The van der Waals surface area contributed by atoms with Gasteiger partial charge in [-0.15, -0.1) is 0 Å². The number of hydrogen-bond donors (Lipinski definition) is 2. The average molecular weight is 395 g/mol. The predicted molar refractivity (Wildman–Crippen MR) is 113 cm³/mol. The summed E-state index contributed by atoms with van der Waals surface area (Å²) in [5.41, 5.74) is 3.84. The number of carbonyl (C=O) groups excluding carboxylic acids is 1. The Hall–Kier alpha value is -4.26. The third kappa shape index (κ3) is 3.56. The van der Waals surface area contributed by atoms with Gasteiger partial charge in [0.2, 0.25) is 11.7 Å². The molecule has 7 nitrogen and oxygen atoms in total. The SMILES string of the molecule is O=C(Nc1ccccc1Cc1nc(-c2ccncc2)no1)c1cc2ccccc2[nH]1. The summed E-state index contributed by atoms with van der Waals surface area (Å²) in [6.07, 6.45) is 3.77. The highest BCUT2D eigenvalue weighted by Gasteiger charge is 2.14. The van der Waals surface area contributed by atoms with Gasteiger partial charge in [-0.25, -0.2) is 0 Å². The van der Waals surface area contributed by atoms with Crippen LogP contribution in [0.3, 0.4) is 0 Å². The number of nitrogens with zero attached hydrogens (tertiary/aromatic N) is 3. The summed E-state index contributed by atoms with van der Waals surface area (Å²) in [4.78, 5) is 24.4. The van der Waals surface area contributed by atoms with Crippen molar-refractivity contribution >= 4 is 22.5 Å². The molecule has 2 aromatic carbocycles. The van der Waals surface area contributed by atoms with Crippen LogP contribution in [0, 0.1) is 0 Å². The number of hydrogen-bond acceptors (Lipinski definition) is 5. The maximum Gasteiger partial charge on any atom is 0.272 e. The van der Waals surface area contributed by atoms with Gasteiger partial charge in [-0.05, 0) is 35.9 Å². The summed E-state index contributed by atoms with van der Waals surface area (Å²) in [6.45, 7) is 0. The van der Waals surface area contributed by atoms with Gasteiger partial charge < -0.3 is 14.8 Å². The first-order valence-corrected chi connectivity index (χ1v) is 9.46. The summed E-state index contributed by atoms with van der Waals surface area (Å²) in [7, 11) is 0. The minimum atomic E-state index is -0.207. The number of anilines is 1. The molecule has 0 saturated heterocycles. The molecule has 0 aliphatic carbocycles. The monoisotopic (exact) mass is 395 g/mol. The van der Waals surface area contributed by atoms with Crippen LogP contribution in [0.15, 0.2) is 83.6 Å². The molecule has 3 aromatic heterocycles. The van der Waals surface area contributed by atoms with E-state index in [0.717, 1.165) is 22.0 Å². The van der Waals surface area contributed by atoms with Crippen molar-refractivity contribution < 1.29 is 9.32 Å². The minimum absolute atomic E-state index is 0.207. The number of pyridine rings is 1. The molecule has 0 bridgehead atoms. The van der Waals surface area contributed by atoms with E-state index in [9.17, 15) is 4.79 Å². The van der Waals surface area contributed by atoms with Crippen LogP contribution in [-0.2, 0) is 6.42 Å². The zero-order chi connectivity index (χ0) is 20.3. The van der Waals surface area contributed by atoms with Crippen molar-refractivity contribution in [3.63, 3.8) is 0 Å². The topological polar surface area (TPSA) is 96.7 Å². The molecule has 2 N–H and O–H groups in total. The number of carbonyl (C=O) groups is 1. The van der Waals surface area contributed by atoms with Crippen molar-refractivity contribution in [1.29, 1.82) is 0 Å². The van der Waals surface area contributed by atoms with Gasteiger partial charge in [0.25, 0.3) is 5.91 Å². The van der Waals surface area contributed by atoms with Gasteiger partial charge in [-0.2, -0.15) is 4.98 Å². The maximum absolute atomic E-state index is 12.8. The van der Waals surface area contributed by atoms with Gasteiger partial charge >= 0.3 is 0 Å². The summed E-state index contributed by atoms with van der Waals surface area (Å²) >= 11 is 0. The lowest BCUT2D eigenvalue weighted by atomic mass is 10.1. The summed E-state index contributed by atoms with van der Waals surface area (Å²) in [5.74, 6) is 0.766. The first-order chi connectivity index (χ1) is 14.8. The predicted octanol–water partition coefficient (Wildman–Crippen LogP) is 4.46. The van der Waals surface area contributed by atoms with E-state index in [-0.39, 0.29) is 5.91 Å². The van der Waals surface area contributed by atoms with Crippen LogP contribution in [0.2, 0.25) is 0 Å². The van der Waals surface area contributed by atoms with E-state index in [1.54, 1.807) is 12.4 Å². The summed E-state index contributed by atoms with van der Waals surface area (Å²) < 4.78 is 5.41. The average Bonchev–Trinajstić information content (AvgIpc) is 3.43. The number of H-pyrrole nitrogens is 1. The number of para-hydroxylation sites is 2. The molecule has 30 heavy (non-hydrogen) atoms. The van der Waals surface area contributed by atoms with Gasteiger partial charge in [0.05, 0.1) is 6.42 Å².